The molecule has 0 fully saturated rings. The zero-order valence-electron chi connectivity index (χ0n) is 12.1. The third-order valence-electron chi connectivity index (χ3n) is 2.51. The topological polar surface area (TPSA) is 81.4 Å². The zero-order chi connectivity index (χ0) is 14.3. The van der Waals surface area contributed by atoms with Crippen molar-refractivity contribution in [3.05, 3.63) is 0 Å². The van der Waals surface area contributed by atoms with Crippen LogP contribution in [0.25, 0.3) is 0 Å². The number of nitrogens with two attached hydrogens (primary N) is 1. The molecule has 0 aliphatic rings. The second kappa shape index (κ2) is 7.36. The Labute approximate surface area is 109 Å². The van der Waals surface area contributed by atoms with Crippen LogP contribution in [-0.4, -0.2) is 31.1 Å². The monoisotopic (exact) mass is 258 g/mol. The van der Waals surface area contributed by atoms with Crippen molar-refractivity contribution in [1.29, 1.82) is 0 Å². The maximum Gasteiger partial charge on any atom is 0.328 e. The predicted octanol–water partition coefficient (Wildman–Crippen LogP) is 1.07. The molecule has 0 heterocycles. The average Bonchev–Trinajstić information content (AvgIpc) is 2.24. The maximum atomic E-state index is 12.0. The number of hydrogen-bond acceptors (Lipinski definition) is 4. The van der Waals surface area contributed by atoms with Crippen molar-refractivity contribution < 1.29 is 14.3 Å². The summed E-state index contributed by atoms with van der Waals surface area (Å²) in [6.07, 6.45) is 0.685. The van der Waals surface area contributed by atoms with Crippen molar-refractivity contribution in [2.75, 3.05) is 13.2 Å². The van der Waals surface area contributed by atoms with E-state index in [0.717, 1.165) is 0 Å². The van der Waals surface area contributed by atoms with Crippen LogP contribution in [0, 0.1) is 11.3 Å². The first-order valence-corrected chi connectivity index (χ1v) is 6.38. The van der Waals surface area contributed by atoms with Gasteiger partial charge in [-0.05, 0) is 25.7 Å². The Bertz CT molecular complexity index is 284. The van der Waals surface area contributed by atoms with Crippen LogP contribution in [0.2, 0.25) is 0 Å². The molecule has 0 aromatic rings. The molecule has 0 aromatic carbocycles. The Kier molecular flexibility index (Phi) is 6.91. The van der Waals surface area contributed by atoms with Crippen molar-refractivity contribution in [1.82, 2.24) is 5.32 Å². The van der Waals surface area contributed by atoms with Gasteiger partial charge in [-0.2, -0.15) is 0 Å². The third kappa shape index (κ3) is 6.59. The van der Waals surface area contributed by atoms with E-state index in [9.17, 15) is 9.59 Å². The minimum atomic E-state index is -0.633. The van der Waals surface area contributed by atoms with E-state index >= 15 is 0 Å². The first-order valence-electron chi connectivity index (χ1n) is 6.38. The lowest BCUT2D eigenvalue weighted by atomic mass is 9.84. The van der Waals surface area contributed by atoms with Crippen LogP contribution in [0.4, 0.5) is 0 Å². The fourth-order valence-corrected chi connectivity index (χ4v) is 1.68. The van der Waals surface area contributed by atoms with E-state index in [-0.39, 0.29) is 23.8 Å². The molecule has 18 heavy (non-hydrogen) atoms. The lowest BCUT2D eigenvalue weighted by Gasteiger charge is -2.25. The molecule has 0 radical (unpaired) electrons. The van der Waals surface area contributed by atoms with Gasteiger partial charge < -0.3 is 15.8 Å². The van der Waals surface area contributed by atoms with E-state index in [1.54, 1.807) is 13.8 Å². The SMILES string of the molecule is CCOC(=O)C(C)NC(=O)C(CN)CC(C)(C)C. The molecular formula is C13H26N2O3. The molecule has 0 spiro atoms. The number of rotatable bonds is 6. The van der Waals surface area contributed by atoms with Crippen LogP contribution in [0.5, 0.6) is 0 Å². The minimum Gasteiger partial charge on any atom is -0.464 e. The number of carbonyl (C=O) groups excluding carboxylic acids is 2. The third-order valence-corrected chi connectivity index (χ3v) is 2.51. The summed E-state index contributed by atoms with van der Waals surface area (Å²) in [5.41, 5.74) is 5.64. The molecule has 2 unspecified atom stereocenters. The number of amides is 1. The summed E-state index contributed by atoms with van der Waals surface area (Å²) in [7, 11) is 0. The molecule has 0 aliphatic heterocycles. The van der Waals surface area contributed by atoms with Gasteiger partial charge in [-0.1, -0.05) is 20.8 Å². The van der Waals surface area contributed by atoms with Gasteiger partial charge in [0.15, 0.2) is 0 Å². The number of hydrogen-bond donors (Lipinski definition) is 2. The Hall–Kier alpha value is -1.10. The predicted molar refractivity (Wildman–Crippen MR) is 70.9 cm³/mol. The van der Waals surface area contributed by atoms with Gasteiger partial charge >= 0.3 is 5.97 Å². The summed E-state index contributed by atoms with van der Waals surface area (Å²) in [6.45, 7) is 10.1. The molecule has 0 bridgehead atoms. The van der Waals surface area contributed by atoms with E-state index in [2.05, 4.69) is 26.1 Å². The highest BCUT2D eigenvalue weighted by Gasteiger charge is 2.26. The summed E-state index contributed by atoms with van der Waals surface area (Å²) >= 11 is 0. The summed E-state index contributed by atoms with van der Waals surface area (Å²) < 4.78 is 4.83. The van der Waals surface area contributed by atoms with Gasteiger partial charge in [0, 0.05) is 6.54 Å². The quantitative estimate of drug-likeness (QED) is 0.698. The molecule has 3 N–H and O–H groups in total. The number of esters is 1. The zero-order valence-corrected chi connectivity index (χ0v) is 12.1. The van der Waals surface area contributed by atoms with Crippen LogP contribution in [0.15, 0.2) is 0 Å². The second-order valence-corrected chi connectivity index (χ2v) is 5.68. The maximum absolute atomic E-state index is 12.0. The molecule has 5 nitrogen and oxygen atoms in total. The van der Waals surface area contributed by atoms with Crippen molar-refractivity contribution in [3.8, 4) is 0 Å². The lowest BCUT2D eigenvalue weighted by molar-refractivity contribution is -0.147. The van der Waals surface area contributed by atoms with Crippen molar-refractivity contribution in [3.63, 3.8) is 0 Å². The fraction of sp³-hybridized carbons (Fsp3) is 0.846. The second-order valence-electron chi connectivity index (χ2n) is 5.68. The first-order chi connectivity index (χ1) is 8.21. The van der Waals surface area contributed by atoms with Gasteiger partial charge in [-0.25, -0.2) is 4.79 Å². The summed E-state index contributed by atoms with van der Waals surface area (Å²) in [6, 6.07) is -0.633. The van der Waals surface area contributed by atoms with E-state index < -0.39 is 12.0 Å². The van der Waals surface area contributed by atoms with Crippen LogP contribution < -0.4 is 11.1 Å². The number of nitrogens with one attached hydrogen (secondary N) is 1. The lowest BCUT2D eigenvalue weighted by Crippen LogP contribution is -2.45. The van der Waals surface area contributed by atoms with Crippen LogP contribution in [0.3, 0.4) is 0 Å². The molecule has 0 saturated heterocycles. The molecule has 2 atom stereocenters. The van der Waals surface area contributed by atoms with Crippen molar-refractivity contribution in [2.24, 2.45) is 17.1 Å². The molecule has 5 heteroatoms. The van der Waals surface area contributed by atoms with Gasteiger partial charge in [0.2, 0.25) is 5.91 Å². The van der Waals surface area contributed by atoms with Gasteiger partial charge in [0.05, 0.1) is 12.5 Å². The molecule has 1 amide bonds. The summed E-state index contributed by atoms with van der Waals surface area (Å²) in [4.78, 5) is 23.4. The Morgan fingerprint density at radius 3 is 2.28 bits per heavy atom. The highest BCUT2D eigenvalue weighted by Crippen LogP contribution is 2.24. The highest BCUT2D eigenvalue weighted by molar-refractivity contribution is 5.85. The standard InChI is InChI=1S/C13H26N2O3/c1-6-18-12(17)9(2)15-11(16)10(8-14)7-13(3,4)5/h9-10H,6-8,14H2,1-5H3,(H,15,16). The number of ether oxygens (including phenoxy) is 1. The molecule has 106 valence electrons. The summed E-state index contributed by atoms with van der Waals surface area (Å²) in [5, 5.41) is 2.64. The van der Waals surface area contributed by atoms with E-state index in [1.807, 2.05) is 0 Å². The van der Waals surface area contributed by atoms with Crippen LogP contribution >= 0.6 is 0 Å². The average molecular weight is 258 g/mol. The highest BCUT2D eigenvalue weighted by atomic mass is 16.5. The Morgan fingerprint density at radius 2 is 1.89 bits per heavy atom. The van der Waals surface area contributed by atoms with Crippen molar-refractivity contribution >= 4 is 11.9 Å². The summed E-state index contributed by atoms with van der Waals surface area (Å²) in [5.74, 6) is -0.882. The van der Waals surface area contributed by atoms with Crippen LogP contribution in [0.1, 0.15) is 41.0 Å². The van der Waals surface area contributed by atoms with Gasteiger partial charge in [-0.15, -0.1) is 0 Å². The number of carbonyl (C=O) groups is 2. The smallest absolute Gasteiger partial charge is 0.328 e. The van der Waals surface area contributed by atoms with Gasteiger partial charge in [-0.3, -0.25) is 4.79 Å². The molecule has 0 rings (SSSR count). The Balaban J connectivity index is 4.40. The minimum absolute atomic E-state index is 0.0224. The van der Waals surface area contributed by atoms with E-state index in [0.29, 0.717) is 13.0 Å². The van der Waals surface area contributed by atoms with Gasteiger partial charge in [0.1, 0.15) is 6.04 Å². The van der Waals surface area contributed by atoms with Crippen LogP contribution in [-0.2, 0) is 14.3 Å². The largest absolute Gasteiger partial charge is 0.464 e. The molecule has 0 aromatic heterocycles. The Morgan fingerprint density at radius 1 is 1.33 bits per heavy atom. The van der Waals surface area contributed by atoms with E-state index in [4.69, 9.17) is 10.5 Å². The molecule has 0 saturated carbocycles. The first kappa shape index (κ1) is 16.9. The molecular weight excluding hydrogens is 232 g/mol. The van der Waals surface area contributed by atoms with Crippen molar-refractivity contribution in [2.45, 2.75) is 47.1 Å². The van der Waals surface area contributed by atoms with E-state index in [1.165, 1.54) is 0 Å². The molecule has 0 aliphatic carbocycles. The normalized spacial score (nSPS) is 14.8. The fourth-order valence-electron chi connectivity index (χ4n) is 1.68. The van der Waals surface area contributed by atoms with Gasteiger partial charge in [0.25, 0.3) is 0 Å².